The van der Waals surface area contributed by atoms with Crippen molar-refractivity contribution in [1.29, 1.82) is 0 Å². The summed E-state index contributed by atoms with van der Waals surface area (Å²) in [5, 5.41) is 0. The number of hydrogen-bond donors (Lipinski definition) is 0. The fourth-order valence-corrected chi connectivity index (χ4v) is 3.91. The Balaban J connectivity index is 2.11. The van der Waals surface area contributed by atoms with E-state index in [1.54, 1.807) is 46.5 Å². The first-order valence-corrected chi connectivity index (χ1v) is 9.80. The molecule has 0 saturated carbocycles. The number of hydrogen-bond acceptors (Lipinski definition) is 6. The SMILES string of the molecule is CCOC(=O)[C@@H]1C(=O)C=C(c2ccc(OC)cc2)C[C@@H]1c1c(OC)cccc1OC. The zero-order chi connectivity index (χ0) is 21.7. The van der Waals surface area contributed by atoms with Gasteiger partial charge in [-0.2, -0.15) is 0 Å². The van der Waals surface area contributed by atoms with Crippen LogP contribution < -0.4 is 14.2 Å². The molecule has 1 aliphatic rings. The molecule has 0 unspecified atom stereocenters. The van der Waals surface area contributed by atoms with Gasteiger partial charge in [-0.15, -0.1) is 0 Å². The standard InChI is InChI=1S/C24H26O6/c1-5-30-24(26)22-18(23-20(28-3)7-6-8-21(23)29-4)13-16(14-19(22)25)15-9-11-17(27-2)12-10-15/h6-12,14,18,22H,5,13H2,1-4H3/t18-,22-/m0/s1. The molecule has 2 atom stereocenters. The predicted molar refractivity (Wildman–Crippen MR) is 113 cm³/mol. The molecule has 2 aromatic carbocycles. The number of ether oxygens (including phenoxy) is 4. The molecule has 0 spiro atoms. The smallest absolute Gasteiger partial charge is 0.317 e. The summed E-state index contributed by atoms with van der Waals surface area (Å²) in [6.07, 6.45) is 2.00. The molecule has 6 nitrogen and oxygen atoms in total. The molecule has 0 aliphatic heterocycles. The number of methoxy groups -OCH3 is 3. The van der Waals surface area contributed by atoms with Crippen LogP contribution in [0.2, 0.25) is 0 Å². The van der Waals surface area contributed by atoms with E-state index in [-0.39, 0.29) is 12.4 Å². The highest BCUT2D eigenvalue weighted by Crippen LogP contribution is 2.47. The fraction of sp³-hybridized carbons (Fsp3) is 0.333. The van der Waals surface area contributed by atoms with Gasteiger partial charge < -0.3 is 18.9 Å². The van der Waals surface area contributed by atoms with Gasteiger partial charge in [0.2, 0.25) is 0 Å². The average Bonchev–Trinajstić information content (AvgIpc) is 2.78. The molecule has 0 amide bonds. The Morgan fingerprint density at radius 2 is 1.60 bits per heavy atom. The van der Waals surface area contributed by atoms with Crippen molar-refractivity contribution >= 4 is 17.3 Å². The van der Waals surface area contributed by atoms with Gasteiger partial charge in [0.15, 0.2) is 5.78 Å². The number of ketones is 1. The van der Waals surface area contributed by atoms with Crippen LogP contribution in [-0.2, 0) is 14.3 Å². The van der Waals surface area contributed by atoms with Crippen molar-refractivity contribution in [2.45, 2.75) is 19.3 Å². The van der Waals surface area contributed by atoms with Crippen molar-refractivity contribution in [3.8, 4) is 17.2 Å². The minimum atomic E-state index is -0.961. The summed E-state index contributed by atoms with van der Waals surface area (Å²) >= 11 is 0. The zero-order valence-electron chi connectivity index (χ0n) is 17.6. The molecule has 1 aliphatic carbocycles. The number of carbonyl (C=O) groups excluding carboxylic acids is 2. The Morgan fingerprint density at radius 3 is 2.13 bits per heavy atom. The van der Waals surface area contributed by atoms with Gasteiger partial charge in [-0.25, -0.2) is 0 Å². The van der Waals surface area contributed by atoms with Crippen molar-refractivity contribution in [1.82, 2.24) is 0 Å². The lowest BCUT2D eigenvalue weighted by Gasteiger charge is -2.31. The molecule has 0 radical (unpaired) electrons. The molecule has 158 valence electrons. The maximum absolute atomic E-state index is 13.1. The fourth-order valence-electron chi connectivity index (χ4n) is 3.91. The summed E-state index contributed by atoms with van der Waals surface area (Å²) in [5.41, 5.74) is 2.42. The molecule has 3 rings (SSSR count). The predicted octanol–water partition coefficient (Wildman–Crippen LogP) is 4.03. The number of allylic oxidation sites excluding steroid dienone is 2. The van der Waals surface area contributed by atoms with E-state index in [2.05, 4.69) is 0 Å². The van der Waals surface area contributed by atoms with Gasteiger partial charge in [-0.05, 0) is 54.8 Å². The summed E-state index contributed by atoms with van der Waals surface area (Å²) in [7, 11) is 4.72. The second-order valence-corrected chi connectivity index (χ2v) is 6.92. The number of esters is 1. The van der Waals surface area contributed by atoms with E-state index < -0.39 is 17.8 Å². The van der Waals surface area contributed by atoms with Crippen molar-refractivity contribution < 1.29 is 28.5 Å². The van der Waals surface area contributed by atoms with Crippen LogP contribution in [0.15, 0.2) is 48.5 Å². The van der Waals surface area contributed by atoms with Gasteiger partial charge in [0.05, 0.1) is 27.9 Å². The maximum atomic E-state index is 13.1. The van der Waals surface area contributed by atoms with E-state index in [1.165, 1.54) is 0 Å². The van der Waals surface area contributed by atoms with Crippen LogP contribution in [0, 0.1) is 5.92 Å². The summed E-state index contributed by atoms with van der Waals surface area (Å²) in [6, 6.07) is 12.9. The summed E-state index contributed by atoms with van der Waals surface area (Å²) in [4.78, 5) is 25.9. The first kappa shape index (κ1) is 21.4. The first-order valence-electron chi connectivity index (χ1n) is 9.80. The molecule has 0 N–H and O–H groups in total. The van der Waals surface area contributed by atoms with E-state index in [1.807, 2.05) is 30.3 Å². The van der Waals surface area contributed by atoms with Gasteiger partial charge in [-0.3, -0.25) is 9.59 Å². The van der Waals surface area contributed by atoms with Gasteiger partial charge in [0.25, 0.3) is 0 Å². The molecule has 0 aromatic heterocycles. The number of carbonyl (C=O) groups is 2. The van der Waals surface area contributed by atoms with Crippen molar-refractivity contribution in [3.05, 3.63) is 59.7 Å². The van der Waals surface area contributed by atoms with E-state index in [0.29, 0.717) is 23.5 Å². The minimum absolute atomic E-state index is 0.202. The summed E-state index contributed by atoms with van der Waals surface area (Å²) < 4.78 is 21.6. The minimum Gasteiger partial charge on any atom is -0.497 e. The maximum Gasteiger partial charge on any atom is 0.317 e. The van der Waals surface area contributed by atoms with Gasteiger partial charge >= 0.3 is 5.97 Å². The van der Waals surface area contributed by atoms with Gasteiger partial charge in [0.1, 0.15) is 23.2 Å². The first-order chi connectivity index (χ1) is 14.5. The highest BCUT2D eigenvalue weighted by molar-refractivity contribution is 6.10. The molecule has 0 saturated heterocycles. The van der Waals surface area contributed by atoms with Crippen LogP contribution in [0.25, 0.3) is 5.57 Å². The highest BCUT2D eigenvalue weighted by Gasteiger charge is 2.42. The van der Waals surface area contributed by atoms with Crippen LogP contribution in [0.5, 0.6) is 17.2 Å². The Labute approximate surface area is 176 Å². The van der Waals surface area contributed by atoms with Gasteiger partial charge in [-0.1, -0.05) is 18.2 Å². The van der Waals surface area contributed by atoms with Crippen LogP contribution in [0.1, 0.15) is 30.4 Å². The molecule has 0 fully saturated rings. The third-order valence-corrected chi connectivity index (χ3v) is 5.30. The van der Waals surface area contributed by atoms with Crippen molar-refractivity contribution in [3.63, 3.8) is 0 Å². The second kappa shape index (κ2) is 9.48. The number of rotatable bonds is 7. The van der Waals surface area contributed by atoms with Crippen molar-refractivity contribution in [2.24, 2.45) is 5.92 Å². The zero-order valence-corrected chi connectivity index (χ0v) is 17.6. The van der Waals surface area contributed by atoms with Gasteiger partial charge in [0, 0.05) is 11.5 Å². The molecular formula is C24H26O6. The van der Waals surface area contributed by atoms with Crippen LogP contribution in [-0.4, -0.2) is 39.7 Å². The Hall–Kier alpha value is -3.28. The van der Waals surface area contributed by atoms with E-state index in [4.69, 9.17) is 18.9 Å². The van der Waals surface area contributed by atoms with Crippen LogP contribution in [0.3, 0.4) is 0 Å². The quantitative estimate of drug-likeness (QED) is 0.507. The Morgan fingerprint density at radius 1 is 0.967 bits per heavy atom. The van der Waals surface area contributed by atoms with E-state index >= 15 is 0 Å². The molecule has 0 heterocycles. The van der Waals surface area contributed by atoms with Crippen LogP contribution >= 0.6 is 0 Å². The highest BCUT2D eigenvalue weighted by atomic mass is 16.5. The lowest BCUT2D eigenvalue weighted by molar-refractivity contribution is -0.151. The lowest BCUT2D eigenvalue weighted by Crippen LogP contribution is -2.34. The van der Waals surface area contributed by atoms with Crippen LogP contribution in [0.4, 0.5) is 0 Å². The monoisotopic (exact) mass is 410 g/mol. The Kier molecular flexibility index (Phi) is 6.77. The summed E-state index contributed by atoms with van der Waals surface area (Å²) in [5.74, 6) is -0.403. The summed E-state index contributed by atoms with van der Waals surface area (Å²) in [6.45, 7) is 1.93. The molecule has 6 heteroatoms. The van der Waals surface area contributed by atoms with E-state index in [0.717, 1.165) is 16.9 Å². The number of benzene rings is 2. The Bertz CT molecular complexity index is 922. The third kappa shape index (κ3) is 4.17. The molecule has 0 bridgehead atoms. The molecule has 2 aromatic rings. The largest absolute Gasteiger partial charge is 0.497 e. The topological polar surface area (TPSA) is 71.1 Å². The molecule has 30 heavy (non-hydrogen) atoms. The normalized spacial score (nSPS) is 18.4. The average molecular weight is 410 g/mol. The third-order valence-electron chi connectivity index (χ3n) is 5.30. The van der Waals surface area contributed by atoms with Crippen molar-refractivity contribution in [2.75, 3.05) is 27.9 Å². The van der Waals surface area contributed by atoms with E-state index in [9.17, 15) is 9.59 Å². The lowest BCUT2D eigenvalue weighted by atomic mass is 9.73. The second-order valence-electron chi connectivity index (χ2n) is 6.92. The molecular weight excluding hydrogens is 384 g/mol.